The number of hydrogen-bond donors (Lipinski definition) is 1. The van der Waals surface area contributed by atoms with Crippen LogP contribution in [0, 0.1) is 5.92 Å². The second-order valence-electron chi connectivity index (χ2n) is 5.64. The fourth-order valence-electron chi connectivity index (χ4n) is 2.00. The molecule has 0 amide bonds. The summed E-state index contributed by atoms with van der Waals surface area (Å²) in [5.41, 5.74) is 2.26. The zero-order valence-electron chi connectivity index (χ0n) is 12.9. The third-order valence-corrected chi connectivity index (χ3v) is 4.81. The molecule has 110 valence electrons. The fraction of sp³-hybridized carbons (Fsp3) is 0.600. The first-order valence-corrected chi connectivity index (χ1v) is 8.90. The Hall–Kier alpha value is -0.940. The Morgan fingerprint density at radius 1 is 1.20 bits per heavy atom. The van der Waals surface area contributed by atoms with Gasteiger partial charge in [0.15, 0.2) is 5.13 Å². The molecule has 0 aliphatic carbocycles. The molecule has 1 N–H and O–H groups in total. The monoisotopic (exact) mass is 309 g/mol. The molecule has 2 rings (SSSR count). The first-order chi connectivity index (χ1) is 9.51. The molecule has 2 aromatic heterocycles. The van der Waals surface area contributed by atoms with Crippen LogP contribution in [-0.4, -0.2) is 16.5 Å². The van der Waals surface area contributed by atoms with Gasteiger partial charge in [0.2, 0.25) is 0 Å². The highest BCUT2D eigenvalue weighted by Crippen LogP contribution is 2.36. The second kappa shape index (κ2) is 6.68. The summed E-state index contributed by atoms with van der Waals surface area (Å²) in [7, 11) is 0. The van der Waals surface area contributed by atoms with E-state index in [-0.39, 0.29) is 0 Å². The third-order valence-electron chi connectivity index (χ3n) is 2.89. The Bertz CT molecular complexity index is 555. The summed E-state index contributed by atoms with van der Waals surface area (Å²) in [6.45, 7) is 11.9. The molecule has 0 aliphatic rings. The van der Waals surface area contributed by atoms with Gasteiger partial charge in [0.25, 0.3) is 0 Å². The molecule has 0 fully saturated rings. The number of anilines is 1. The first kappa shape index (κ1) is 15.4. The maximum atomic E-state index is 4.84. The maximum absolute atomic E-state index is 4.84. The number of rotatable bonds is 6. The van der Waals surface area contributed by atoms with Crippen LogP contribution in [0.15, 0.2) is 5.38 Å². The molecule has 0 aliphatic heterocycles. The highest BCUT2D eigenvalue weighted by molar-refractivity contribution is 7.16. The lowest BCUT2D eigenvalue weighted by molar-refractivity contribution is 0.641. The van der Waals surface area contributed by atoms with E-state index in [0.29, 0.717) is 11.8 Å². The van der Waals surface area contributed by atoms with Crippen LogP contribution in [0.4, 0.5) is 5.13 Å². The van der Waals surface area contributed by atoms with Gasteiger partial charge in [-0.25, -0.2) is 9.97 Å². The quantitative estimate of drug-likeness (QED) is 0.814. The van der Waals surface area contributed by atoms with Crippen molar-refractivity contribution in [1.82, 2.24) is 9.97 Å². The first-order valence-electron chi connectivity index (χ1n) is 7.20. The molecule has 0 aromatic carbocycles. The molecule has 3 nitrogen and oxygen atoms in total. The van der Waals surface area contributed by atoms with Gasteiger partial charge in [0.1, 0.15) is 0 Å². The van der Waals surface area contributed by atoms with E-state index in [1.165, 1.54) is 15.6 Å². The minimum Gasteiger partial charge on any atom is -0.362 e. The predicted molar refractivity (Wildman–Crippen MR) is 90.0 cm³/mol. The Labute approximate surface area is 129 Å². The highest BCUT2D eigenvalue weighted by atomic mass is 32.1. The van der Waals surface area contributed by atoms with Crippen molar-refractivity contribution in [2.45, 2.75) is 47.0 Å². The van der Waals surface area contributed by atoms with E-state index in [9.17, 15) is 0 Å². The number of nitrogens with zero attached hydrogens (tertiary/aromatic N) is 2. The Balaban J connectivity index is 2.34. The summed E-state index contributed by atoms with van der Waals surface area (Å²) < 4.78 is 0. The van der Waals surface area contributed by atoms with Gasteiger partial charge in [0.05, 0.1) is 21.3 Å². The predicted octanol–water partition coefficient (Wildman–Crippen LogP) is 5.02. The molecule has 0 saturated carbocycles. The lowest BCUT2D eigenvalue weighted by atomic mass is 10.1. The zero-order valence-corrected chi connectivity index (χ0v) is 14.5. The SMILES string of the molecule is CCNc1nc(-c2sc(CC(C)C)nc2C(C)C)cs1. The van der Waals surface area contributed by atoms with Crippen LogP contribution in [0.5, 0.6) is 0 Å². The lowest BCUT2D eigenvalue weighted by Gasteiger charge is -2.02. The topological polar surface area (TPSA) is 37.8 Å². The Morgan fingerprint density at radius 3 is 2.55 bits per heavy atom. The van der Waals surface area contributed by atoms with Crippen LogP contribution in [0.25, 0.3) is 10.6 Å². The van der Waals surface area contributed by atoms with Gasteiger partial charge in [-0.2, -0.15) is 0 Å². The van der Waals surface area contributed by atoms with E-state index < -0.39 is 0 Å². The van der Waals surface area contributed by atoms with Crippen LogP contribution in [0.1, 0.15) is 51.2 Å². The molecule has 20 heavy (non-hydrogen) atoms. The highest BCUT2D eigenvalue weighted by Gasteiger charge is 2.18. The molecule has 0 bridgehead atoms. The van der Waals surface area contributed by atoms with Crippen LogP contribution >= 0.6 is 22.7 Å². The minimum absolute atomic E-state index is 0.437. The molecule has 0 atom stereocenters. The van der Waals surface area contributed by atoms with Crippen molar-refractivity contribution in [3.63, 3.8) is 0 Å². The zero-order chi connectivity index (χ0) is 14.7. The number of hydrogen-bond acceptors (Lipinski definition) is 5. The van der Waals surface area contributed by atoms with E-state index in [1.54, 1.807) is 22.7 Å². The van der Waals surface area contributed by atoms with Gasteiger partial charge in [-0.15, -0.1) is 22.7 Å². The van der Waals surface area contributed by atoms with Crippen molar-refractivity contribution in [1.29, 1.82) is 0 Å². The smallest absolute Gasteiger partial charge is 0.183 e. The van der Waals surface area contributed by atoms with Crippen molar-refractivity contribution >= 4 is 27.8 Å². The van der Waals surface area contributed by atoms with Gasteiger partial charge < -0.3 is 5.32 Å². The van der Waals surface area contributed by atoms with Gasteiger partial charge in [-0.05, 0) is 18.8 Å². The molecule has 0 saturated heterocycles. The van der Waals surface area contributed by atoms with Crippen molar-refractivity contribution in [2.24, 2.45) is 5.92 Å². The van der Waals surface area contributed by atoms with Gasteiger partial charge in [0, 0.05) is 18.3 Å². The van der Waals surface area contributed by atoms with Gasteiger partial charge in [-0.3, -0.25) is 0 Å². The number of aromatic nitrogens is 2. The van der Waals surface area contributed by atoms with E-state index in [4.69, 9.17) is 4.98 Å². The molecule has 2 aromatic rings. The summed E-state index contributed by atoms with van der Waals surface area (Å²) in [5, 5.41) is 7.64. The molecule has 0 spiro atoms. The summed E-state index contributed by atoms with van der Waals surface area (Å²) in [6.07, 6.45) is 1.05. The molecule has 5 heteroatoms. The standard InChI is InChI=1S/C15H23N3S2/c1-6-16-15-17-11(8-19-15)14-13(10(4)5)18-12(20-14)7-9(2)3/h8-10H,6-7H2,1-5H3,(H,16,17). The van der Waals surface area contributed by atoms with Crippen molar-refractivity contribution < 1.29 is 0 Å². The molecule has 2 heterocycles. The van der Waals surface area contributed by atoms with Crippen LogP contribution in [-0.2, 0) is 6.42 Å². The second-order valence-corrected chi connectivity index (χ2v) is 7.58. The molecule has 0 unspecified atom stereocenters. The third kappa shape index (κ3) is 3.58. The van der Waals surface area contributed by atoms with E-state index in [0.717, 1.165) is 23.8 Å². The van der Waals surface area contributed by atoms with Crippen molar-refractivity contribution in [3.05, 3.63) is 16.1 Å². The summed E-state index contributed by atoms with van der Waals surface area (Å²) in [6, 6.07) is 0. The maximum Gasteiger partial charge on any atom is 0.183 e. The number of thiazole rings is 2. The summed E-state index contributed by atoms with van der Waals surface area (Å²) in [5.74, 6) is 1.08. The van der Waals surface area contributed by atoms with Gasteiger partial charge in [-0.1, -0.05) is 27.7 Å². The van der Waals surface area contributed by atoms with E-state index >= 15 is 0 Å². The van der Waals surface area contributed by atoms with Crippen LogP contribution in [0.2, 0.25) is 0 Å². The molecular formula is C15H23N3S2. The Kier molecular flexibility index (Phi) is 5.16. The van der Waals surface area contributed by atoms with Crippen molar-refractivity contribution in [2.75, 3.05) is 11.9 Å². The van der Waals surface area contributed by atoms with Crippen molar-refractivity contribution in [3.8, 4) is 10.6 Å². The normalized spacial score (nSPS) is 11.6. The van der Waals surface area contributed by atoms with Crippen LogP contribution < -0.4 is 5.32 Å². The van der Waals surface area contributed by atoms with Gasteiger partial charge >= 0.3 is 0 Å². The van der Waals surface area contributed by atoms with Crippen LogP contribution in [0.3, 0.4) is 0 Å². The average molecular weight is 310 g/mol. The molecule has 0 radical (unpaired) electrons. The lowest BCUT2D eigenvalue weighted by Crippen LogP contribution is -1.96. The van der Waals surface area contributed by atoms with E-state index in [2.05, 4.69) is 50.3 Å². The largest absolute Gasteiger partial charge is 0.362 e. The Morgan fingerprint density at radius 2 is 1.95 bits per heavy atom. The minimum atomic E-state index is 0.437. The van der Waals surface area contributed by atoms with E-state index in [1.807, 2.05) is 0 Å². The average Bonchev–Trinajstić information content (AvgIpc) is 2.95. The molecular weight excluding hydrogens is 286 g/mol. The summed E-state index contributed by atoms with van der Waals surface area (Å²) >= 11 is 3.48. The summed E-state index contributed by atoms with van der Waals surface area (Å²) in [4.78, 5) is 10.8. The fourth-order valence-corrected chi connectivity index (χ4v) is 4.24. The number of nitrogens with one attached hydrogen (secondary N) is 1.